The van der Waals surface area contributed by atoms with Gasteiger partial charge in [0.1, 0.15) is 0 Å². The zero-order valence-electron chi connectivity index (χ0n) is 7.77. The van der Waals surface area contributed by atoms with E-state index in [9.17, 15) is 4.79 Å². The SMILES string of the molecule is CC(C)(CN1CCCC1)C(=O)Cl. The van der Waals surface area contributed by atoms with Gasteiger partial charge >= 0.3 is 0 Å². The summed E-state index contributed by atoms with van der Waals surface area (Å²) in [5.74, 6) is 0. The van der Waals surface area contributed by atoms with Gasteiger partial charge in [-0.1, -0.05) is 13.8 Å². The van der Waals surface area contributed by atoms with Crippen molar-refractivity contribution in [2.75, 3.05) is 19.6 Å². The van der Waals surface area contributed by atoms with E-state index in [1.54, 1.807) is 0 Å². The lowest BCUT2D eigenvalue weighted by Gasteiger charge is -2.26. The average Bonchev–Trinajstić information content (AvgIpc) is 2.38. The summed E-state index contributed by atoms with van der Waals surface area (Å²) in [5.41, 5.74) is -0.383. The molecule has 2 nitrogen and oxygen atoms in total. The zero-order chi connectivity index (χ0) is 9.19. The molecule has 1 fully saturated rings. The predicted molar refractivity (Wildman–Crippen MR) is 50.3 cm³/mol. The smallest absolute Gasteiger partial charge is 0.228 e. The number of likely N-dealkylation sites (tertiary alicyclic amines) is 1. The van der Waals surface area contributed by atoms with E-state index in [1.807, 2.05) is 13.8 Å². The fraction of sp³-hybridized carbons (Fsp3) is 0.889. The van der Waals surface area contributed by atoms with Crippen molar-refractivity contribution in [2.45, 2.75) is 26.7 Å². The van der Waals surface area contributed by atoms with E-state index < -0.39 is 0 Å². The number of nitrogens with zero attached hydrogens (tertiary/aromatic N) is 1. The number of rotatable bonds is 3. The Morgan fingerprint density at radius 1 is 1.42 bits per heavy atom. The molecule has 0 unspecified atom stereocenters. The Balaban J connectivity index is 2.42. The summed E-state index contributed by atoms with van der Waals surface area (Å²) in [6, 6.07) is 0. The molecule has 1 aliphatic rings. The molecule has 0 spiro atoms. The molecule has 0 atom stereocenters. The molecule has 1 heterocycles. The van der Waals surface area contributed by atoms with Crippen LogP contribution in [0.25, 0.3) is 0 Å². The Morgan fingerprint density at radius 2 is 1.92 bits per heavy atom. The van der Waals surface area contributed by atoms with E-state index in [0.29, 0.717) is 0 Å². The van der Waals surface area contributed by atoms with Crippen LogP contribution in [0.5, 0.6) is 0 Å². The summed E-state index contributed by atoms with van der Waals surface area (Å²) in [6.07, 6.45) is 2.51. The van der Waals surface area contributed by atoms with Gasteiger partial charge in [0.2, 0.25) is 5.24 Å². The van der Waals surface area contributed by atoms with Crippen molar-refractivity contribution in [3.05, 3.63) is 0 Å². The molecular weight excluding hydrogens is 174 g/mol. The summed E-state index contributed by atoms with van der Waals surface area (Å²) < 4.78 is 0. The molecule has 1 aliphatic heterocycles. The van der Waals surface area contributed by atoms with Gasteiger partial charge in [0, 0.05) is 6.54 Å². The maximum absolute atomic E-state index is 11.0. The molecule has 0 bridgehead atoms. The van der Waals surface area contributed by atoms with Crippen LogP contribution in [0.4, 0.5) is 0 Å². The number of carbonyl (C=O) groups is 1. The van der Waals surface area contributed by atoms with Gasteiger partial charge in [-0.25, -0.2) is 0 Å². The van der Waals surface area contributed by atoms with Gasteiger partial charge in [-0.15, -0.1) is 0 Å². The lowest BCUT2D eigenvalue weighted by atomic mass is 9.95. The summed E-state index contributed by atoms with van der Waals surface area (Å²) >= 11 is 5.48. The normalized spacial score (nSPS) is 19.9. The third-order valence-electron chi connectivity index (χ3n) is 2.35. The highest BCUT2D eigenvalue weighted by atomic mass is 35.5. The number of carbonyl (C=O) groups excluding carboxylic acids is 1. The van der Waals surface area contributed by atoms with E-state index in [2.05, 4.69) is 4.90 Å². The second kappa shape index (κ2) is 3.75. The van der Waals surface area contributed by atoms with Crippen molar-refractivity contribution in [3.63, 3.8) is 0 Å². The van der Waals surface area contributed by atoms with Gasteiger partial charge in [-0.3, -0.25) is 4.79 Å². The second-order valence-electron chi connectivity index (χ2n) is 4.14. The summed E-state index contributed by atoms with van der Waals surface area (Å²) in [6.45, 7) is 6.85. The van der Waals surface area contributed by atoms with Crippen LogP contribution in [0.15, 0.2) is 0 Å². The van der Waals surface area contributed by atoms with Crippen LogP contribution in [0, 0.1) is 5.41 Å². The maximum atomic E-state index is 11.0. The molecule has 70 valence electrons. The first-order chi connectivity index (χ1) is 5.52. The quantitative estimate of drug-likeness (QED) is 0.632. The Bertz CT molecular complexity index is 173. The first-order valence-electron chi connectivity index (χ1n) is 4.45. The highest BCUT2D eigenvalue weighted by molar-refractivity contribution is 6.64. The first kappa shape index (κ1) is 10.0. The van der Waals surface area contributed by atoms with Crippen molar-refractivity contribution < 1.29 is 4.79 Å². The summed E-state index contributed by atoms with van der Waals surface area (Å²) in [5, 5.41) is -0.227. The van der Waals surface area contributed by atoms with Crippen LogP contribution in [-0.2, 0) is 4.79 Å². The molecule has 0 saturated carbocycles. The van der Waals surface area contributed by atoms with Crippen molar-refractivity contribution >= 4 is 16.8 Å². The maximum Gasteiger partial charge on any atom is 0.228 e. The molecule has 1 rings (SSSR count). The van der Waals surface area contributed by atoms with E-state index in [0.717, 1.165) is 19.6 Å². The zero-order valence-corrected chi connectivity index (χ0v) is 8.52. The van der Waals surface area contributed by atoms with Crippen LogP contribution in [0.2, 0.25) is 0 Å². The number of halogens is 1. The Morgan fingerprint density at radius 3 is 2.33 bits per heavy atom. The number of hydrogen-bond acceptors (Lipinski definition) is 2. The van der Waals surface area contributed by atoms with E-state index >= 15 is 0 Å². The van der Waals surface area contributed by atoms with Gasteiger partial charge in [0.25, 0.3) is 0 Å². The molecule has 12 heavy (non-hydrogen) atoms. The monoisotopic (exact) mass is 189 g/mol. The number of hydrogen-bond donors (Lipinski definition) is 0. The average molecular weight is 190 g/mol. The third kappa shape index (κ3) is 2.46. The largest absolute Gasteiger partial charge is 0.302 e. The highest BCUT2D eigenvalue weighted by Crippen LogP contribution is 2.22. The van der Waals surface area contributed by atoms with Crippen LogP contribution in [0.1, 0.15) is 26.7 Å². The van der Waals surface area contributed by atoms with E-state index in [-0.39, 0.29) is 10.7 Å². The van der Waals surface area contributed by atoms with Gasteiger partial charge in [-0.2, -0.15) is 0 Å². The predicted octanol–water partition coefficient (Wildman–Crippen LogP) is 1.87. The minimum absolute atomic E-state index is 0.227. The van der Waals surface area contributed by atoms with Crippen molar-refractivity contribution in [3.8, 4) is 0 Å². The molecular formula is C9H16ClNO. The fourth-order valence-electron chi connectivity index (χ4n) is 1.56. The highest BCUT2D eigenvalue weighted by Gasteiger charge is 2.29. The van der Waals surface area contributed by atoms with Gasteiger partial charge in [0.05, 0.1) is 5.41 Å². The molecule has 3 heteroatoms. The van der Waals surface area contributed by atoms with Crippen molar-refractivity contribution in [1.29, 1.82) is 0 Å². The lowest BCUT2D eigenvalue weighted by Crippen LogP contribution is -2.35. The van der Waals surface area contributed by atoms with Crippen molar-refractivity contribution in [1.82, 2.24) is 4.90 Å². The minimum atomic E-state index is -0.383. The first-order valence-corrected chi connectivity index (χ1v) is 4.82. The Hall–Kier alpha value is -0.0800. The van der Waals surface area contributed by atoms with Gasteiger partial charge < -0.3 is 4.90 Å². The summed E-state index contributed by atoms with van der Waals surface area (Å²) in [4.78, 5) is 13.3. The van der Waals surface area contributed by atoms with Crippen LogP contribution >= 0.6 is 11.6 Å². The molecule has 0 radical (unpaired) electrons. The standard InChI is InChI=1S/C9H16ClNO/c1-9(2,8(10)12)7-11-5-3-4-6-11/h3-7H2,1-2H3. The van der Waals surface area contributed by atoms with Gasteiger partial charge in [0.15, 0.2) is 0 Å². The molecule has 0 aromatic heterocycles. The van der Waals surface area contributed by atoms with Crippen LogP contribution < -0.4 is 0 Å². The van der Waals surface area contributed by atoms with Crippen LogP contribution in [-0.4, -0.2) is 29.8 Å². The second-order valence-corrected chi connectivity index (χ2v) is 4.48. The van der Waals surface area contributed by atoms with E-state index in [1.165, 1.54) is 12.8 Å². The summed E-state index contributed by atoms with van der Waals surface area (Å²) in [7, 11) is 0. The molecule has 0 aromatic rings. The minimum Gasteiger partial charge on any atom is -0.302 e. The Kier molecular flexibility index (Phi) is 3.13. The molecule has 1 saturated heterocycles. The topological polar surface area (TPSA) is 20.3 Å². The lowest BCUT2D eigenvalue weighted by molar-refractivity contribution is -0.119. The van der Waals surface area contributed by atoms with E-state index in [4.69, 9.17) is 11.6 Å². The molecule has 0 N–H and O–H groups in total. The molecule has 0 aromatic carbocycles. The third-order valence-corrected chi connectivity index (χ3v) is 2.86. The molecule has 0 amide bonds. The molecule has 0 aliphatic carbocycles. The fourth-order valence-corrected chi connectivity index (χ4v) is 1.62. The van der Waals surface area contributed by atoms with Crippen molar-refractivity contribution in [2.24, 2.45) is 5.41 Å². The van der Waals surface area contributed by atoms with Crippen LogP contribution in [0.3, 0.4) is 0 Å². The van der Waals surface area contributed by atoms with Gasteiger partial charge in [-0.05, 0) is 37.5 Å². The Labute approximate surface area is 78.9 Å².